The zero-order valence-electron chi connectivity index (χ0n) is 20.7. The maximum atomic E-state index is 13.8. The number of nitrogens with zero attached hydrogens (tertiary/aromatic N) is 2. The van der Waals surface area contributed by atoms with Crippen molar-refractivity contribution in [3.63, 3.8) is 0 Å². The molecule has 1 N–H and O–H groups in total. The fourth-order valence-corrected chi connectivity index (χ4v) is 6.20. The lowest BCUT2D eigenvalue weighted by Crippen LogP contribution is -2.57. The number of carbonyl (C=O) groups is 2. The number of piperidine rings is 2. The van der Waals surface area contributed by atoms with Crippen LogP contribution in [0.3, 0.4) is 0 Å². The first-order chi connectivity index (χ1) is 16.4. The standard InChI is InChI=1S/C29H37N3O2/c1-19(2)18-32(20(3)21-8-5-4-6-9-21)28(33)23-11-12-24-22(16-23)13-15-31-27(24)17-26-25(29(31)34)10-7-14-30-26/h4-6,8-9,11-12,16,19-20,25-27,30H,7,10,13-15,17-18H2,1-3H3/t20-,25+,26+,27-/m1/s1. The zero-order chi connectivity index (χ0) is 23.8. The van der Waals surface area contributed by atoms with Gasteiger partial charge in [0.1, 0.15) is 0 Å². The summed E-state index contributed by atoms with van der Waals surface area (Å²) in [6.45, 7) is 8.91. The molecule has 2 amide bonds. The number of amides is 2. The third-order valence-corrected chi connectivity index (χ3v) is 7.98. The molecular formula is C29H37N3O2. The van der Waals surface area contributed by atoms with Gasteiger partial charge in [-0.15, -0.1) is 0 Å². The third kappa shape index (κ3) is 4.26. The number of benzene rings is 2. The fourth-order valence-electron chi connectivity index (χ4n) is 6.20. The monoisotopic (exact) mass is 459 g/mol. The van der Waals surface area contributed by atoms with Gasteiger partial charge in [-0.25, -0.2) is 0 Å². The highest BCUT2D eigenvalue weighted by Crippen LogP contribution is 2.41. The van der Waals surface area contributed by atoms with Gasteiger partial charge in [0.05, 0.1) is 18.0 Å². The molecule has 2 aromatic carbocycles. The molecule has 5 nitrogen and oxygen atoms in total. The molecule has 3 aliphatic rings. The predicted molar refractivity (Wildman–Crippen MR) is 134 cm³/mol. The van der Waals surface area contributed by atoms with E-state index in [0.29, 0.717) is 18.4 Å². The minimum Gasteiger partial charge on any atom is -0.335 e. The molecule has 3 heterocycles. The summed E-state index contributed by atoms with van der Waals surface area (Å²) in [4.78, 5) is 31.1. The van der Waals surface area contributed by atoms with Crippen LogP contribution in [-0.2, 0) is 11.2 Å². The van der Waals surface area contributed by atoms with E-state index in [0.717, 1.165) is 49.9 Å². The van der Waals surface area contributed by atoms with E-state index in [-0.39, 0.29) is 30.0 Å². The van der Waals surface area contributed by atoms with Crippen LogP contribution in [0.1, 0.15) is 79.2 Å². The maximum absolute atomic E-state index is 13.8. The molecule has 5 rings (SSSR count). The Labute approximate surface area is 203 Å². The van der Waals surface area contributed by atoms with Gasteiger partial charge in [-0.2, -0.15) is 0 Å². The van der Waals surface area contributed by atoms with Gasteiger partial charge in [0.25, 0.3) is 5.91 Å². The number of nitrogens with one attached hydrogen (secondary N) is 1. The third-order valence-electron chi connectivity index (χ3n) is 7.98. The van der Waals surface area contributed by atoms with Crippen molar-refractivity contribution in [2.75, 3.05) is 19.6 Å². The average molecular weight is 460 g/mol. The molecule has 0 aromatic heterocycles. The summed E-state index contributed by atoms with van der Waals surface area (Å²) in [5.41, 5.74) is 4.37. The van der Waals surface area contributed by atoms with Crippen LogP contribution in [-0.4, -0.2) is 47.3 Å². The Balaban J connectivity index is 1.41. The number of rotatable bonds is 5. The summed E-state index contributed by atoms with van der Waals surface area (Å²) in [5.74, 6) is 0.921. The van der Waals surface area contributed by atoms with Crippen LogP contribution in [0, 0.1) is 11.8 Å². The van der Waals surface area contributed by atoms with E-state index >= 15 is 0 Å². The Morgan fingerprint density at radius 3 is 2.71 bits per heavy atom. The van der Waals surface area contributed by atoms with Crippen LogP contribution in [0.4, 0.5) is 0 Å². The van der Waals surface area contributed by atoms with Crippen molar-refractivity contribution in [2.24, 2.45) is 11.8 Å². The predicted octanol–water partition coefficient (Wildman–Crippen LogP) is 4.74. The van der Waals surface area contributed by atoms with Crippen molar-refractivity contribution in [3.05, 3.63) is 70.8 Å². The first-order valence-electron chi connectivity index (χ1n) is 13.0. The van der Waals surface area contributed by atoms with E-state index in [9.17, 15) is 9.59 Å². The highest BCUT2D eigenvalue weighted by molar-refractivity contribution is 5.95. The Morgan fingerprint density at radius 1 is 1.15 bits per heavy atom. The maximum Gasteiger partial charge on any atom is 0.254 e. The van der Waals surface area contributed by atoms with E-state index in [1.54, 1.807) is 0 Å². The Hall–Kier alpha value is -2.66. The minimum atomic E-state index is 0.00731. The van der Waals surface area contributed by atoms with Crippen LogP contribution in [0.5, 0.6) is 0 Å². The topological polar surface area (TPSA) is 52.7 Å². The normalized spacial score (nSPS) is 24.8. The molecule has 5 heteroatoms. The van der Waals surface area contributed by atoms with Crippen molar-refractivity contribution in [1.82, 2.24) is 15.1 Å². The summed E-state index contributed by atoms with van der Waals surface area (Å²) in [6.07, 6.45) is 3.89. The van der Waals surface area contributed by atoms with Gasteiger partial charge >= 0.3 is 0 Å². The highest BCUT2D eigenvalue weighted by Gasteiger charge is 2.45. The van der Waals surface area contributed by atoms with Gasteiger partial charge in [-0.05, 0) is 73.9 Å². The molecule has 2 aromatic rings. The second-order valence-corrected chi connectivity index (χ2v) is 10.7. The number of hydrogen-bond acceptors (Lipinski definition) is 3. The molecule has 0 saturated carbocycles. The average Bonchev–Trinajstić information content (AvgIpc) is 2.86. The molecule has 2 saturated heterocycles. The first kappa shape index (κ1) is 23.1. The Kier molecular flexibility index (Phi) is 6.48. The van der Waals surface area contributed by atoms with Gasteiger partial charge in [0.2, 0.25) is 5.91 Å². The second-order valence-electron chi connectivity index (χ2n) is 10.7. The molecule has 34 heavy (non-hydrogen) atoms. The van der Waals surface area contributed by atoms with Crippen molar-refractivity contribution in [2.45, 2.75) is 64.6 Å². The number of fused-ring (bicyclic) bond motifs is 4. The molecule has 180 valence electrons. The Morgan fingerprint density at radius 2 is 1.94 bits per heavy atom. The molecule has 3 aliphatic heterocycles. The van der Waals surface area contributed by atoms with E-state index in [2.05, 4.69) is 55.3 Å². The SMILES string of the molecule is CC(C)CN(C(=O)c1ccc2c(c1)CCN1C(=O)[C@H]3CCCN[C@H]3C[C@H]21)[C@H](C)c1ccccc1. The largest absolute Gasteiger partial charge is 0.335 e. The van der Waals surface area contributed by atoms with Crippen LogP contribution < -0.4 is 5.32 Å². The lowest BCUT2D eigenvalue weighted by molar-refractivity contribution is -0.145. The summed E-state index contributed by atoms with van der Waals surface area (Å²) < 4.78 is 0. The van der Waals surface area contributed by atoms with Gasteiger partial charge in [-0.1, -0.05) is 50.2 Å². The molecular weight excluding hydrogens is 422 g/mol. The zero-order valence-corrected chi connectivity index (χ0v) is 20.7. The fraction of sp³-hybridized carbons (Fsp3) is 0.517. The molecule has 0 bridgehead atoms. The van der Waals surface area contributed by atoms with Gasteiger partial charge in [-0.3, -0.25) is 9.59 Å². The smallest absolute Gasteiger partial charge is 0.254 e. The Bertz CT molecular complexity index is 1050. The first-order valence-corrected chi connectivity index (χ1v) is 13.0. The number of carbonyl (C=O) groups excluding carboxylic acids is 2. The minimum absolute atomic E-state index is 0.00731. The molecule has 0 aliphatic carbocycles. The molecule has 0 radical (unpaired) electrons. The van der Waals surface area contributed by atoms with E-state index in [4.69, 9.17) is 0 Å². The van der Waals surface area contributed by atoms with E-state index in [1.807, 2.05) is 29.2 Å². The highest BCUT2D eigenvalue weighted by atomic mass is 16.2. The van der Waals surface area contributed by atoms with Crippen LogP contribution in [0.15, 0.2) is 48.5 Å². The number of hydrogen-bond donors (Lipinski definition) is 1. The summed E-state index contributed by atoms with van der Waals surface area (Å²) >= 11 is 0. The van der Waals surface area contributed by atoms with Crippen LogP contribution in [0.2, 0.25) is 0 Å². The van der Waals surface area contributed by atoms with Crippen molar-refractivity contribution >= 4 is 11.8 Å². The van der Waals surface area contributed by atoms with Crippen LogP contribution >= 0.6 is 0 Å². The molecule has 2 fully saturated rings. The van der Waals surface area contributed by atoms with Crippen molar-refractivity contribution < 1.29 is 9.59 Å². The van der Waals surface area contributed by atoms with Gasteiger partial charge in [0, 0.05) is 24.7 Å². The summed E-state index contributed by atoms with van der Waals surface area (Å²) in [7, 11) is 0. The molecule has 0 spiro atoms. The summed E-state index contributed by atoms with van der Waals surface area (Å²) in [6, 6.07) is 16.9. The lowest BCUT2D eigenvalue weighted by Gasteiger charge is -2.48. The van der Waals surface area contributed by atoms with Gasteiger partial charge in [0.15, 0.2) is 0 Å². The van der Waals surface area contributed by atoms with Gasteiger partial charge < -0.3 is 15.1 Å². The quantitative estimate of drug-likeness (QED) is 0.702. The molecule has 4 atom stereocenters. The van der Waals surface area contributed by atoms with E-state index < -0.39 is 0 Å². The summed E-state index contributed by atoms with van der Waals surface area (Å²) in [5, 5.41) is 3.60. The van der Waals surface area contributed by atoms with Crippen molar-refractivity contribution in [1.29, 1.82) is 0 Å². The van der Waals surface area contributed by atoms with Crippen LogP contribution in [0.25, 0.3) is 0 Å². The van der Waals surface area contributed by atoms with Crippen molar-refractivity contribution in [3.8, 4) is 0 Å². The van der Waals surface area contributed by atoms with E-state index in [1.165, 1.54) is 11.1 Å². The lowest BCUT2D eigenvalue weighted by atomic mass is 9.77. The molecule has 0 unspecified atom stereocenters. The second kappa shape index (κ2) is 9.53.